The Labute approximate surface area is 150 Å². The summed E-state index contributed by atoms with van der Waals surface area (Å²) in [4.78, 5) is 53.1. The lowest BCUT2D eigenvalue weighted by Crippen LogP contribution is -2.32. The second kappa shape index (κ2) is 12.8. The fourth-order valence-corrected chi connectivity index (χ4v) is 2.02. The van der Waals surface area contributed by atoms with Gasteiger partial charge in [-0.1, -0.05) is 5.11 Å². The molecule has 26 heavy (non-hydrogen) atoms. The topological polar surface area (TPSA) is 148 Å². The van der Waals surface area contributed by atoms with Crippen LogP contribution in [0.5, 0.6) is 0 Å². The first-order chi connectivity index (χ1) is 12.5. The first kappa shape index (κ1) is 21.6. The number of Topliss-reactive ketones (excluding diaryl/α,β-unsaturated/α-hetero) is 1. The van der Waals surface area contributed by atoms with E-state index in [0.717, 1.165) is 0 Å². The summed E-state index contributed by atoms with van der Waals surface area (Å²) in [6.07, 6.45) is 0.628. The Morgan fingerprint density at radius 2 is 1.65 bits per heavy atom. The fraction of sp³-hybridized carbons (Fsp3) is 0.733. The average Bonchev–Trinajstić information content (AvgIpc) is 2.93. The molecule has 0 unspecified atom stereocenters. The van der Waals surface area contributed by atoms with Crippen LogP contribution in [0.1, 0.15) is 38.5 Å². The molecule has 0 N–H and O–H groups in total. The molecular weight excluding hydrogens is 348 g/mol. The van der Waals surface area contributed by atoms with Crippen LogP contribution < -0.4 is 0 Å². The lowest BCUT2D eigenvalue weighted by atomic mass is 10.1. The summed E-state index contributed by atoms with van der Waals surface area (Å²) in [5.41, 5.74) is 8.06. The van der Waals surface area contributed by atoms with Gasteiger partial charge in [-0.05, 0) is 12.0 Å². The van der Waals surface area contributed by atoms with E-state index >= 15 is 0 Å². The van der Waals surface area contributed by atoms with E-state index in [1.54, 1.807) is 0 Å². The zero-order valence-electron chi connectivity index (χ0n) is 14.4. The Hall–Kier alpha value is -2.49. The number of imide groups is 1. The first-order valence-corrected chi connectivity index (χ1v) is 8.29. The summed E-state index contributed by atoms with van der Waals surface area (Å²) in [7, 11) is 0. The van der Waals surface area contributed by atoms with Crippen LogP contribution in [0.3, 0.4) is 0 Å². The van der Waals surface area contributed by atoms with Crippen LogP contribution in [0, 0.1) is 0 Å². The Morgan fingerprint density at radius 1 is 1.00 bits per heavy atom. The number of carbonyl (C=O) groups excluding carboxylic acids is 4. The van der Waals surface area contributed by atoms with Crippen LogP contribution in [0.25, 0.3) is 10.4 Å². The predicted molar refractivity (Wildman–Crippen MR) is 86.3 cm³/mol. The molecule has 0 aromatic carbocycles. The number of azide groups is 1. The number of ether oxygens (including phenoxy) is 2. The van der Waals surface area contributed by atoms with Crippen LogP contribution >= 0.6 is 0 Å². The number of ketones is 1. The van der Waals surface area contributed by atoms with Crippen molar-refractivity contribution in [2.75, 3.05) is 33.0 Å². The SMILES string of the molecule is [N-]=[N+]=NCCOCCOCCCC(=O)CCC(=O)ON1C(=O)CCC1=O. The Balaban J connectivity index is 1.98. The molecular formula is C15H22N4O7. The summed E-state index contributed by atoms with van der Waals surface area (Å²) < 4.78 is 10.4. The van der Waals surface area contributed by atoms with Crippen molar-refractivity contribution < 1.29 is 33.5 Å². The summed E-state index contributed by atoms with van der Waals surface area (Å²) >= 11 is 0. The molecule has 11 heteroatoms. The van der Waals surface area contributed by atoms with E-state index in [-0.39, 0.29) is 44.4 Å². The van der Waals surface area contributed by atoms with Crippen LogP contribution in [-0.4, -0.2) is 61.6 Å². The second-order valence-corrected chi connectivity index (χ2v) is 5.37. The summed E-state index contributed by atoms with van der Waals surface area (Å²) in [6.45, 7) is 1.72. The van der Waals surface area contributed by atoms with Gasteiger partial charge in [-0.15, -0.1) is 5.06 Å². The molecule has 0 aromatic rings. The minimum absolute atomic E-state index is 0.0163. The molecule has 0 atom stereocenters. The molecule has 0 aromatic heterocycles. The molecule has 0 radical (unpaired) electrons. The molecule has 1 heterocycles. The molecule has 1 saturated heterocycles. The van der Waals surface area contributed by atoms with E-state index in [1.165, 1.54) is 0 Å². The molecule has 1 aliphatic heterocycles. The molecule has 0 saturated carbocycles. The second-order valence-electron chi connectivity index (χ2n) is 5.37. The van der Waals surface area contributed by atoms with Crippen LogP contribution in [0.15, 0.2) is 5.11 Å². The van der Waals surface area contributed by atoms with Crippen LogP contribution in [-0.2, 0) is 33.5 Å². The van der Waals surface area contributed by atoms with Gasteiger partial charge >= 0.3 is 5.97 Å². The standard InChI is InChI=1S/C15H22N4O7/c16-18-17-7-9-25-11-10-24-8-1-2-12(20)3-6-15(23)26-19-13(21)4-5-14(19)22/h1-11H2. The van der Waals surface area contributed by atoms with Crippen LogP contribution in [0.2, 0.25) is 0 Å². The highest BCUT2D eigenvalue weighted by atomic mass is 16.7. The number of nitrogens with zero attached hydrogens (tertiary/aromatic N) is 4. The van der Waals surface area contributed by atoms with Crippen molar-refractivity contribution in [2.24, 2.45) is 5.11 Å². The van der Waals surface area contributed by atoms with E-state index < -0.39 is 17.8 Å². The highest BCUT2D eigenvalue weighted by Crippen LogP contribution is 2.13. The Kier molecular flexibility index (Phi) is 10.6. The minimum atomic E-state index is -0.781. The normalized spacial score (nSPS) is 13.6. The highest BCUT2D eigenvalue weighted by Gasteiger charge is 2.32. The molecule has 144 valence electrons. The maximum atomic E-state index is 11.7. The number of carbonyl (C=O) groups is 4. The molecule has 0 aliphatic carbocycles. The van der Waals surface area contributed by atoms with Gasteiger partial charge in [-0.3, -0.25) is 14.4 Å². The van der Waals surface area contributed by atoms with Gasteiger partial charge in [0.05, 0.1) is 26.2 Å². The number of hydrogen-bond donors (Lipinski definition) is 0. The summed E-state index contributed by atoms with van der Waals surface area (Å²) in [5, 5.41) is 3.78. The molecule has 0 bridgehead atoms. The maximum Gasteiger partial charge on any atom is 0.333 e. The lowest BCUT2D eigenvalue weighted by Gasteiger charge is -2.12. The van der Waals surface area contributed by atoms with Gasteiger partial charge in [0.15, 0.2) is 0 Å². The zero-order chi connectivity index (χ0) is 19.2. The largest absolute Gasteiger partial charge is 0.379 e. The van der Waals surface area contributed by atoms with E-state index in [9.17, 15) is 19.2 Å². The minimum Gasteiger partial charge on any atom is -0.379 e. The number of hydrogen-bond acceptors (Lipinski definition) is 8. The van der Waals surface area contributed by atoms with Gasteiger partial charge in [0.1, 0.15) is 5.78 Å². The fourth-order valence-electron chi connectivity index (χ4n) is 2.02. The van der Waals surface area contributed by atoms with Crippen molar-refractivity contribution in [3.63, 3.8) is 0 Å². The van der Waals surface area contributed by atoms with Crippen molar-refractivity contribution in [3.8, 4) is 0 Å². The van der Waals surface area contributed by atoms with Crippen molar-refractivity contribution in [1.82, 2.24) is 5.06 Å². The van der Waals surface area contributed by atoms with Gasteiger partial charge in [-0.25, -0.2) is 4.79 Å². The van der Waals surface area contributed by atoms with Crippen LogP contribution in [0.4, 0.5) is 0 Å². The lowest BCUT2D eigenvalue weighted by molar-refractivity contribution is -0.197. The van der Waals surface area contributed by atoms with Crippen molar-refractivity contribution in [2.45, 2.75) is 38.5 Å². The van der Waals surface area contributed by atoms with Crippen molar-refractivity contribution >= 4 is 23.6 Å². The first-order valence-electron chi connectivity index (χ1n) is 8.29. The van der Waals surface area contributed by atoms with Gasteiger partial charge in [0, 0.05) is 43.7 Å². The molecule has 2 amide bonds. The maximum absolute atomic E-state index is 11.7. The van der Waals surface area contributed by atoms with E-state index in [4.69, 9.17) is 15.0 Å². The third-order valence-electron chi connectivity index (χ3n) is 3.32. The van der Waals surface area contributed by atoms with E-state index in [1.807, 2.05) is 0 Å². The molecule has 11 nitrogen and oxygen atoms in total. The number of hydroxylamine groups is 2. The summed E-state index contributed by atoms with van der Waals surface area (Å²) in [5.74, 6) is -2.01. The highest BCUT2D eigenvalue weighted by molar-refractivity contribution is 6.01. The number of rotatable bonds is 14. The van der Waals surface area contributed by atoms with Crippen molar-refractivity contribution in [1.29, 1.82) is 0 Å². The Morgan fingerprint density at radius 3 is 2.31 bits per heavy atom. The van der Waals surface area contributed by atoms with Gasteiger partial charge in [0.25, 0.3) is 11.8 Å². The third-order valence-corrected chi connectivity index (χ3v) is 3.32. The average molecular weight is 370 g/mol. The molecule has 1 fully saturated rings. The summed E-state index contributed by atoms with van der Waals surface area (Å²) in [6, 6.07) is 0. The predicted octanol–water partition coefficient (Wildman–Crippen LogP) is 1.07. The van der Waals surface area contributed by atoms with Crippen molar-refractivity contribution in [3.05, 3.63) is 10.4 Å². The van der Waals surface area contributed by atoms with E-state index in [2.05, 4.69) is 14.9 Å². The van der Waals surface area contributed by atoms with E-state index in [0.29, 0.717) is 37.9 Å². The molecule has 0 spiro atoms. The molecule has 1 aliphatic rings. The quantitative estimate of drug-likeness (QED) is 0.146. The smallest absolute Gasteiger partial charge is 0.333 e. The zero-order valence-corrected chi connectivity index (χ0v) is 14.4. The van der Waals surface area contributed by atoms with Gasteiger partial charge < -0.3 is 14.3 Å². The van der Waals surface area contributed by atoms with Gasteiger partial charge in [0.2, 0.25) is 0 Å². The number of amides is 2. The molecule has 1 rings (SSSR count). The monoisotopic (exact) mass is 370 g/mol. The Bertz CT molecular complexity index is 544. The third kappa shape index (κ3) is 9.11. The van der Waals surface area contributed by atoms with Gasteiger partial charge in [-0.2, -0.15) is 0 Å².